The van der Waals surface area contributed by atoms with Gasteiger partial charge in [-0.05, 0) is 31.3 Å². The SMILES string of the molecule is COc1ccc(-c2nn(-c3ccccc3)cc2C(=O)N2CCN(C)CC2)c(OC)c1. The predicted octanol–water partition coefficient (Wildman–Crippen LogP) is 2.94. The number of carbonyl (C=O) groups excluding carboxylic acids is 1. The molecule has 0 unspecified atom stereocenters. The molecule has 2 heterocycles. The molecule has 3 aromatic rings. The molecule has 7 nitrogen and oxygen atoms in total. The number of hydrogen-bond acceptors (Lipinski definition) is 5. The van der Waals surface area contributed by atoms with Crippen LogP contribution in [0.1, 0.15) is 10.4 Å². The van der Waals surface area contributed by atoms with E-state index in [-0.39, 0.29) is 5.91 Å². The Balaban J connectivity index is 1.80. The van der Waals surface area contributed by atoms with Crippen molar-refractivity contribution in [1.82, 2.24) is 19.6 Å². The average Bonchev–Trinajstić information content (AvgIpc) is 3.24. The lowest BCUT2D eigenvalue weighted by molar-refractivity contribution is 0.0665. The van der Waals surface area contributed by atoms with Gasteiger partial charge in [0.15, 0.2) is 0 Å². The van der Waals surface area contributed by atoms with Gasteiger partial charge in [-0.3, -0.25) is 4.79 Å². The minimum absolute atomic E-state index is 0.0156. The lowest BCUT2D eigenvalue weighted by Crippen LogP contribution is -2.47. The van der Waals surface area contributed by atoms with Crippen molar-refractivity contribution in [3.63, 3.8) is 0 Å². The molecule has 30 heavy (non-hydrogen) atoms. The van der Waals surface area contributed by atoms with Crippen LogP contribution < -0.4 is 9.47 Å². The normalized spacial score (nSPS) is 14.6. The summed E-state index contributed by atoms with van der Waals surface area (Å²) in [5.41, 5.74) is 2.81. The van der Waals surface area contributed by atoms with Crippen molar-refractivity contribution in [2.24, 2.45) is 0 Å². The van der Waals surface area contributed by atoms with Crippen LogP contribution in [-0.4, -0.2) is 72.9 Å². The summed E-state index contributed by atoms with van der Waals surface area (Å²) < 4.78 is 12.7. The summed E-state index contributed by atoms with van der Waals surface area (Å²) in [7, 11) is 5.29. The fraction of sp³-hybridized carbons (Fsp3) is 0.304. The van der Waals surface area contributed by atoms with Crippen LogP contribution in [0, 0.1) is 0 Å². The highest BCUT2D eigenvalue weighted by molar-refractivity contribution is 6.00. The number of aromatic nitrogens is 2. The first kappa shape index (κ1) is 20.0. The topological polar surface area (TPSA) is 59.8 Å². The van der Waals surface area contributed by atoms with Crippen molar-refractivity contribution in [3.8, 4) is 28.4 Å². The molecule has 2 aromatic carbocycles. The maximum absolute atomic E-state index is 13.5. The Morgan fingerprint density at radius 1 is 0.967 bits per heavy atom. The molecule has 1 aliphatic heterocycles. The van der Waals surface area contributed by atoms with Gasteiger partial charge in [0.1, 0.15) is 17.2 Å². The van der Waals surface area contributed by atoms with Crippen LogP contribution in [0.25, 0.3) is 16.9 Å². The maximum Gasteiger partial charge on any atom is 0.257 e. The fourth-order valence-electron chi connectivity index (χ4n) is 3.62. The van der Waals surface area contributed by atoms with Crippen molar-refractivity contribution in [3.05, 3.63) is 60.3 Å². The van der Waals surface area contributed by atoms with Gasteiger partial charge >= 0.3 is 0 Å². The number of piperazine rings is 1. The van der Waals surface area contributed by atoms with E-state index in [0.29, 0.717) is 35.8 Å². The number of ether oxygens (including phenoxy) is 2. The Morgan fingerprint density at radius 3 is 2.37 bits per heavy atom. The van der Waals surface area contributed by atoms with Crippen LogP contribution in [0.15, 0.2) is 54.7 Å². The minimum Gasteiger partial charge on any atom is -0.497 e. The molecule has 0 spiro atoms. The second-order valence-corrected chi connectivity index (χ2v) is 7.33. The maximum atomic E-state index is 13.5. The van der Waals surface area contributed by atoms with E-state index in [0.717, 1.165) is 24.3 Å². The predicted molar refractivity (Wildman–Crippen MR) is 116 cm³/mol. The second kappa shape index (κ2) is 8.59. The van der Waals surface area contributed by atoms with Crippen LogP contribution in [-0.2, 0) is 0 Å². The summed E-state index contributed by atoms with van der Waals surface area (Å²) in [6, 6.07) is 15.3. The molecule has 7 heteroatoms. The Bertz CT molecular complexity index is 1020. The number of nitrogens with zero attached hydrogens (tertiary/aromatic N) is 4. The van der Waals surface area contributed by atoms with E-state index < -0.39 is 0 Å². The van der Waals surface area contributed by atoms with Gasteiger partial charge in [0.25, 0.3) is 5.91 Å². The number of hydrogen-bond donors (Lipinski definition) is 0. The summed E-state index contributed by atoms with van der Waals surface area (Å²) in [5.74, 6) is 1.28. The van der Waals surface area contributed by atoms with E-state index in [1.54, 1.807) is 25.0 Å². The fourth-order valence-corrected chi connectivity index (χ4v) is 3.62. The average molecular weight is 406 g/mol. The first-order chi connectivity index (χ1) is 14.6. The second-order valence-electron chi connectivity index (χ2n) is 7.33. The van der Waals surface area contributed by atoms with E-state index in [1.165, 1.54) is 0 Å². The Morgan fingerprint density at radius 2 is 1.70 bits per heavy atom. The molecule has 1 fully saturated rings. The van der Waals surface area contributed by atoms with Gasteiger partial charge in [-0.15, -0.1) is 0 Å². The third kappa shape index (κ3) is 3.89. The molecule has 1 aliphatic rings. The standard InChI is InChI=1S/C23H26N4O3/c1-25-11-13-26(14-12-25)23(28)20-16-27(17-7-5-4-6-8-17)24-22(20)19-10-9-18(29-2)15-21(19)30-3/h4-10,15-16H,11-14H2,1-3H3. The zero-order chi connectivity index (χ0) is 21.1. The molecule has 4 rings (SSSR count). The Labute approximate surface area is 176 Å². The van der Waals surface area contributed by atoms with Gasteiger partial charge in [-0.25, -0.2) is 4.68 Å². The highest BCUT2D eigenvalue weighted by Crippen LogP contribution is 2.35. The highest BCUT2D eigenvalue weighted by atomic mass is 16.5. The zero-order valence-corrected chi connectivity index (χ0v) is 17.5. The van der Waals surface area contributed by atoms with E-state index in [4.69, 9.17) is 14.6 Å². The van der Waals surface area contributed by atoms with Gasteiger partial charge in [0, 0.05) is 44.0 Å². The molecule has 1 aromatic heterocycles. The van der Waals surface area contributed by atoms with Gasteiger partial charge in [0.05, 0.1) is 25.5 Å². The first-order valence-electron chi connectivity index (χ1n) is 9.96. The third-order valence-electron chi connectivity index (χ3n) is 5.42. The van der Waals surface area contributed by atoms with E-state index >= 15 is 0 Å². The Kier molecular flexibility index (Phi) is 5.72. The first-order valence-corrected chi connectivity index (χ1v) is 9.96. The molecule has 0 N–H and O–H groups in total. The molecule has 0 atom stereocenters. The quantitative estimate of drug-likeness (QED) is 0.652. The number of methoxy groups -OCH3 is 2. The molecular formula is C23H26N4O3. The molecule has 156 valence electrons. The van der Waals surface area contributed by atoms with Crippen molar-refractivity contribution in [2.75, 3.05) is 47.4 Å². The lowest BCUT2D eigenvalue weighted by atomic mass is 10.1. The summed E-state index contributed by atoms with van der Waals surface area (Å²) in [5, 5.41) is 4.78. The lowest BCUT2D eigenvalue weighted by Gasteiger charge is -2.32. The number of likely N-dealkylation sites (N-methyl/N-ethyl adjacent to an activating group) is 1. The number of amides is 1. The summed E-state index contributed by atoms with van der Waals surface area (Å²) in [6.07, 6.45) is 1.81. The molecule has 0 saturated carbocycles. The summed E-state index contributed by atoms with van der Waals surface area (Å²) >= 11 is 0. The number of benzene rings is 2. The summed E-state index contributed by atoms with van der Waals surface area (Å²) in [6.45, 7) is 3.12. The molecule has 1 amide bonds. The largest absolute Gasteiger partial charge is 0.497 e. The van der Waals surface area contributed by atoms with E-state index in [9.17, 15) is 4.79 Å². The molecule has 0 aliphatic carbocycles. The molecule has 0 radical (unpaired) electrons. The molecule has 0 bridgehead atoms. The van der Waals surface area contributed by atoms with Crippen molar-refractivity contribution < 1.29 is 14.3 Å². The zero-order valence-electron chi connectivity index (χ0n) is 17.5. The highest BCUT2D eigenvalue weighted by Gasteiger charge is 2.27. The molecule has 1 saturated heterocycles. The minimum atomic E-state index is -0.0156. The van der Waals surface area contributed by atoms with Crippen molar-refractivity contribution in [1.29, 1.82) is 0 Å². The van der Waals surface area contributed by atoms with Crippen LogP contribution in [0.2, 0.25) is 0 Å². The molecular weight excluding hydrogens is 380 g/mol. The van der Waals surface area contributed by atoms with Crippen LogP contribution in [0.3, 0.4) is 0 Å². The third-order valence-corrected chi connectivity index (χ3v) is 5.42. The van der Waals surface area contributed by atoms with Crippen LogP contribution >= 0.6 is 0 Å². The monoisotopic (exact) mass is 406 g/mol. The summed E-state index contributed by atoms with van der Waals surface area (Å²) in [4.78, 5) is 17.6. The van der Waals surface area contributed by atoms with Crippen LogP contribution in [0.5, 0.6) is 11.5 Å². The van der Waals surface area contributed by atoms with Crippen LogP contribution in [0.4, 0.5) is 0 Å². The Hall–Kier alpha value is -3.32. The smallest absolute Gasteiger partial charge is 0.257 e. The van der Waals surface area contributed by atoms with E-state index in [1.807, 2.05) is 53.6 Å². The van der Waals surface area contributed by atoms with E-state index in [2.05, 4.69) is 11.9 Å². The van der Waals surface area contributed by atoms with Gasteiger partial charge in [-0.2, -0.15) is 5.10 Å². The van der Waals surface area contributed by atoms with Crippen molar-refractivity contribution in [2.45, 2.75) is 0 Å². The number of para-hydroxylation sites is 1. The van der Waals surface area contributed by atoms with Gasteiger partial charge in [0.2, 0.25) is 0 Å². The van der Waals surface area contributed by atoms with Gasteiger partial charge in [-0.1, -0.05) is 18.2 Å². The van der Waals surface area contributed by atoms with Gasteiger partial charge < -0.3 is 19.3 Å². The number of carbonyl (C=O) groups is 1. The number of rotatable bonds is 5. The van der Waals surface area contributed by atoms with Crippen molar-refractivity contribution >= 4 is 5.91 Å².